The van der Waals surface area contributed by atoms with E-state index in [0.717, 1.165) is 35.7 Å². The van der Waals surface area contributed by atoms with Gasteiger partial charge in [0.2, 0.25) is 0 Å². The number of hydrogen-bond acceptors (Lipinski definition) is 2. The van der Waals surface area contributed by atoms with Crippen LogP contribution in [0.3, 0.4) is 0 Å². The molecule has 0 fully saturated rings. The maximum atomic E-state index is 5.93. The van der Waals surface area contributed by atoms with Crippen LogP contribution in [0.1, 0.15) is 25.8 Å². The minimum absolute atomic E-state index is 0.824. The Balaban J connectivity index is 2.93. The van der Waals surface area contributed by atoms with Crippen molar-refractivity contribution in [3.8, 4) is 0 Å². The average Bonchev–Trinajstić information content (AvgIpc) is 2.22. The molecule has 0 saturated heterocycles. The molecule has 0 unspecified atom stereocenters. The number of benzene rings is 1. The highest BCUT2D eigenvalue weighted by atomic mass is 32.1. The molecule has 0 heterocycles. The quantitative estimate of drug-likeness (QED) is 0.349. The second-order valence-electron chi connectivity index (χ2n) is 3.50. The van der Waals surface area contributed by atoms with Crippen LogP contribution in [-0.4, -0.2) is 17.3 Å². The summed E-state index contributed by atoms with van der Waals surface area (Å²) in [6, 6.07) is 5.84. The Kier molecular flexibility index (Phi) is 4.69. The van der Waals surface area contributed by atoms with Gasteiger partial charge in [-0.15, -0.1) is 12.6 Å². The van der Waals surface area contributed by atoms with Crippen LogP contribution >= 0.6 is 12.6 Å². The minimum Gasteiger partial charge on any atom is -0.398 e. The summed E-state index contributed by atoms with van der Waals surface area (Å²) in [4.78, 5) is 0.970. The molecule has 1 aromatic carbocycles. The summed E-state index contributed by atoms with van der Waals surface area (Å²) in [5.74, 6) is 0. The number of anilines is 1. The standard InChI is InChI=1S/C12H18N2S/c1-3-8-14(4-2)9-10-11(13)6-5-7-12(10)15/h5-8H,3-4,9,13H2,1-2H3/p+1. The molecule has 15 heavy (non-hydrogen) atoms. The smallest absolute Gasteiger partial charge is 0.170 e. The van der Waals surface area contributed by atoms with Gasteiger partial charge in [-0.2, -0.15) is 0 Å². The van der Waals surface area contributed by atoms with E-state index in [1.807, 2.05) is 18.2 Å². The molecule has 0 aromatic heterocycles. The molecule has 0 aliphatic heterocycles. The number of hydrogen-bond donors (Lipinski definition) is 2. The fraction of sp³-hybridized carbons (Fsp3) is 0.417. The number of rotatable bonds is 4. The molecule has 2 N–H and O–H groups in total. The van der Waals surface area contributed by atoms with Gasteiger partial charge in [-0.25, -0.2) is 4.58 Å². The molecular formula is C12H19N2S+. The maximum absolute atomic E-state index is 5.93. The number of nitrogen functional groups attached to an aromatic ring is 1. The SMILES string of the molecule is CCC=[N+](CC)Cc1c(N)cccc1S. The summed E-state index contributed by atoms with van der Waals surface area (Å²) in [5, 5.41) is 0. The van der Waals surface area contributed by atoms with E-state index in [1.165, 1.54) is 0 Å². The summed E-state index contributed by atoms with van der Waals surface area (Å²) in [5.41, 5.74) is 7.87. The molecule has 0 atom stereocenters. The fourth-order valence-electron chi connectivity index (χ4n) is 1.53. The Morgan fingerprint density at radius 3 is 2.67 bits per heavy atom. The summed E-state index contributed by atoms with van der Waals surface area (Å²) in [6.07, 6.45) is 3.24. The van der Waals surface area contributed by atoms with Crippen LogP contribution in [0.15, 0.2) is 23.1 Å². The van der Waals surface area contributed by atoms with Crippen molar-refractivity contribution in [2.75, 3.05) is 12.3 Å². The Bertz CT molecular complexity index is 338. The van der Waals surface area contributed by atoms with Gasteiger partial charge >= 0.3 is 0 Å². The first kappa shape index (κ1) is 12.1. The third-order valence-electron chi connectivity index (χ3n) is 2.40. The largest absolute Gasteiger partial charge is 0.398 e. The van der Waals surface area contributed by atoms with Crippen molar-refractivity contribution in [2.45, 2.75) is 31.7 Å². The van der Waals surface area contributed by atoms with E-state index in [2.05, 4.69) is 37.3 Å². The van der Waals surface area contributed by atoms with E-state index in [4.69, 9.17) is 5.73 Å². The Labute approximate surface area is 97.2 Å². The first-order chi connectivity index (χ1) is 7.19. The summed E-state index contributed by atoms with van der Waals surface area (Å²) >= 11 is 4.43. The zero-order chi connectivity index (χ0) is 11.3. The van der Waals surface area contributed by atoms with Crippen LogP contribution < -0.4 is 5.73 Å². The first-order valence-electron chi connectivity index (χ1n) is 5.32. The van der Waals surface area contributed by atoms with Gasteiger partial charge in [0.15, 0.2) is 6.54 Å². The molecule has 3 heteroatoms. The van der Waals surface area contributed by atoms with Crippen LogP contribution in [0.5, 0.6) is 0 Å². The van der Waals surface area contributed by atoms with Crippen molar-refractivity contribution in [1.82, 2.24) is 0 Å². The summed E-state index contributed by atoms with van der Waals surface area (Å²) < 4.78 is 2.26. The third kappa shape index (κ3) is 3.27. The molecule has 2 nitrogen and oxygen atoms in total. The zero-order valence-corrected chi connectivity index (χ0v) is 10.3. The number of thiol groups is 1. The number of nitrogens with two attached hydrogens (primary N) is 1. The van der Waals surface area contributed by atoms with Crippen molar-refractivity contribution in [2.24, 2.45) is 0 Å². The van der Waals surface area contributed by atoms with Gasteiger partial charge in [0.1, 0.15) is 12.8 Å². The fourth-order valence-corrected chi connectivity index (χ4v) is 1.82. The lowest BCUT2D eigenvalue weighted by Gasteiger charge is -2.07. The average molecular weight is 223 g/mol. The zero-order valence-electron chi connectivity index (χ0n) is 9.40. The van der Waals surface area contributed by atoms with E-state index in [-0.39, 0.29) is 0 Å². The van der Waals surface area contributed by atoms with Crippen LogP contribution in [0.25, 0.3) is 0 Å². The predicted octanol–water partition coefficient (Wildman–Crippen LogP) is 2.57. The highest BCUT2D eigenvalue weighted by Crippen LogP contribution is 2.20. The van der Waals surface area contributed by atoms with E-state index in [9.17, 15) is 0 Å². The molecule has 0 radical (unpaired) electrons. The van der Waals surface area contributed by atoms with Gasteiger partial charge in [-0.3, -0.25) is 0 Å². The van der Waals surface area contributed by atoms with Gasteiger partial charge in [-0.1, -0.05) is 13.0 Å². The van der Waals surface area contributed by atoms with Gasteiger partial charge in [0, 0.05) is 17.0 Å². The lowest BCUT2D eigenvalue weighted by atomic mass is 10.1. The van der Waals surface area contributed by atoms with E-state index in [0.29, 0.717) is 0 Å². The number of nitrogens with zero attached hydrogens (tertiary/aromatic N) is 1. The van der Waals surface area contributed by atoms with E-state index in [1.54, 1.807) is 0 Å². The second kappa shape index (κ2) is 5.81. The van der Waals surface area contributed by atoms with Crippen molar-refractivity contribution in [1.29, 1.82) is 0 Å². The van der Waals surface area contributed by atoms with E-state index >= 15 is 0 Å². The monoisotopic (exact) mass is 223 g/mol. The molecule has 0 aliphatic carbocycles. The molecule has 0 spiro atoms. The Morgan fingerprint density at radius 1 is 1.40 bits per heavy atom. The van der Waals surface area contributed by atoms with Crippen LogP contribution in [-0.2, 0) is 6.54 Å². The topological polar surface area (TPSA) is 29.0 Å². The molecule has 0 bridgehead atoms. The highest BCUT2D eigenvalue weighted by Gasteiger charge is 2.09. The molecule has 0 saturated carbocycles. The molecule has 1 aromatic rings. The molecule has 82 valence electrons. The van der Waals surface area contributed by atoms with Gasteiger partial charge in [-0.05, 0) is 19.1 Å². The van der Waals surface area contributed by atoms with Gasteiger partial charge in [0.25, 0.3) is 0 Å². The molecule has 0 aliphatic rings. The Hall–Kier alpha value is -0.960. The summed E-state index contributed by atoms with van der Waals surface area (Å²) in [6.45, 7) is 6.12. The van der Waals surface area contributed by atoms with Crippen molar-refractivity contribution < 1.29 is 4.58 Å². The highest BCUT2D eigenvalue weighted by molar-refractivity contribution is 7.80. The van der Waals surface area contributed by atoms with Gasteiger partial charge in [0.05, 0.1) is 5.56 Å². The minimum atomic E-state index is 0.824. The normalized spacial score (nSPS) is 11.8. The van der Waals surface area contributed by atoms with Crippen molar-refractivity contribution in [3.63, 3.8) is 0 Å². The van der Waals surface area contributed by atoms with Gasteiger partial charge < -0.3 is 5.73 Å². The van der Waals surface area contributed by atoms with Crippen LogP contribution in [0.2, 0.25) is 0 Å². The van der Waals surface area contributed by atoms with Crippen molar-refractivity contribution in [3.05, 3.63) is 23.8 Å². The van der Waals surface area contributed by atoms with Crippen LogP contribution in [0, 0.1) is 0 Å². The lowest BCUT2D eigenvalue weighted by Crippen LogP contribution is -2.14. The third-order valence-corrected chi connectivity index (χ3v) is 2.81. The lowest BCUT2D eigenvalue weighted by molar-refractivity contribution is -0.537. The molecule has 0 amide bonds. The maximum Gasteiger partial charge on any atom is 0.170 e. The van der Waals surface area contributed by atoms with Crippen LogP contribution in [0.4, 0.5) is 5.69 Å². The van der Waals surface area contributed by atoms with E-state index < -0.39 is 0 Å². The molecular weight excluding hydrogens is 204 g/mol. The Morgan fingerprint density at radius 2 is 2.13 bits per heavy atom. The predicted molar refractivity (Wildman–Crippen MR) is 69.0 cm³/mol. The van der Waals surface area contributed by atoms with Crippen molar-refractivity contribution >= 4 is 24.5 Å². The summed E-state index contributed by atoms with van der Waals surface area (Å²) in [7, 11) is 0. The second-order valence-corrected chi connectivity index (χ2v) is 3.98. The first-order valence-corrected chi connectivity index (χ1v) is 5.77. The molecule has 1 rings (SSSR count).